The molecule has 0 fully saturated rings. The molecule has 2 heteroatoms. The molecule has 0 rings (SSSR count). The molecule has 0 radical (unpaired) electrons. The standard InChI is InChI=1S/C19H42OSi/c1-8-9-10-11-12-13-15-18(2)16-14-17-20-21(6,7)19(3,4)5/h18H,8-17H2,1-7H3. The molecule has 0 aromatic heterocycles. The zero-order valence-corrected chi connectivity index (χ0v) is 17.1. The fourth-order valence-electron chi connectivity index (χ4n) is 2.39. The Labute approximate surface area is 136 Å². The lowest BCUT2D eigenvalue weighted by atomic mass is 9.98. The highest BCUT2D eigenvalue weighted by Crippen LogP contribution is 2.36. The fraction of sp³-hybridized carbons (Fsp3) is 1.00. The van der Waals surface area contributed by atoms with E-state index < -0.39 is 8.32 Å². The maximum atomic E-state index is 6.25. The zero-order valence-electron chi connectivity index (χ0n) is 16.1. The van der Waals surface area contributed by atoms with Crippen LogP contribution >= 0.6 is 0 Å². The van der Waals surface area contributed by atoms with Gasteiger partial charge in [0.1, 0.15) is 0 Å². The Kier molecular flexibility index (Phi) is 10.9. The van der Waals surface area contributed by atoms with Crippen LogP contribution in [0, 0.1) is 5.92 Å². The van der Waals surface area contributed by atoms with Crippen LogP contribution in [0.4, 0.5) is 0 Å². The van der Waals surface area contributed by atoms with E-state index in [9.17, 15) is 0 Å². The fourth-order valence-corrected chi connectivity index (χ4v) is 3.48. The molecule has 0 aromatic rings. The first-order valence-electron chi connectivity index (χ1n) is 9.34. The lowest BCUT2D eigenvalue weighted by Gasteiger charge is -2.36. The lowest BCUT2D eigenvalue weighted by molar-refractivity contribution is 0.267. The van der Waals surface area contributed by atoms with E-state index in [1.54, 1.807) is 0 Å². The van der Waals surface area contributed by atoms with E-state index >= 15 is 0 Å². The van der Waals surface area contributed by atoms with Gasteiger partial charge in [0.15, 0.2) is 8.32 Å². The summed E-state index contributed by atoms with van der Waals surface area (Å²) in [5, 5.41) is 0.344. The van der Waals surface area contributed by atoms with E-state index in [-0.39, 0.29) is 0 Å². The van der Waals surface area contributed by atoms with Crippen LogP contribution in [0.25, 0.3) is 0 Å². The third-order valence-electron chi connectivity index (χ3n) is 5.16. The Morgan fingerprint density at radius 2 is 1.38 bits per heavy atom. The van der Waals surface area contributed by atoms with Crippen LogP contribution in [0.5, 0.6) is 0 Å². The van der Waals surface area contributed by atoms with E-state index in [1.165, 1.54) is 57.8 Å². The van der Waals surface area contributed by atoms with Crippen molar-refractivity contribution in [1.82, 2.24) is 0 Å². The molecule has 1 nitrogen and oxygen atoms in total. The van der Waals surface area contributed by atoms with Gasteiger partial charge in [0.05, 0.1) is 0 Å². The van der Waals surface area contributed by atoms with Crippen molar-refractivity contribution in [3.05, 3.63) is 0 Å². The summed E-state index contributed by atoms with van der Waals surface area (Å²) in [4.78, 5) is 0. The Morgan fingerprint density at radius 1 is 0.857 bits per heavy atom. The molecule has 0 saturated heterocycles. The van der Waals surface area contributed by atoms with Crippen LogP contribution in [0.15, 0.2) is 0 Å². The predicted octanol–water partition coefficient (Wildman–Crippen LogP) is 7.18. The van der Waals surface area contributed by atoms with E-state index in [0.717, 1.165) is 12.5 Å². The van der Waals surface area contributed by atoms with Crippen LogP contribution in [-0.4, -0.2) is 14.9 Å². The van der Waals surface area contributed by atoms with Crippen molar-refractivity contribution < 1.29 is 4.43 Å². The monoisotopic (exact) mass is 314 g/mol. The molecule has 0 bridgehead atoms. The summed E-state index contributed by atoms with van der Waals surface area (Å²) in [7, 11) is -1.52. The summed E-state index contributed by atoms with van der Waals surface area (Å²) in [6.45, 7) is 17.3. The Morgan fingerprint density at radius 3 is 1.95 bits per heavy atom. The maximum Gasteiger partial charge on any atom is 0.191 e. The van der Waals surface area contributed by atoms with Crippen LogP contribution in [0.3, 0.4) is 0 Å². The van der Waals surface area contributed by atoms with E-state index in [1.807, 2.05) is 0 Å². The number of hydrogen-bond donors (Lipinski definition) is 0. The SMILES string of the molecule is CCCCCCCCC(C)CCCO[Si](C)(C)C(C)(C)C. The third-order valence-corrected chi connectivity index (χ3v) is 9.70. The molecule has 0 aliphatic heterocycles. The molecule has 1 unspecified atom stereocenters. The van der Waals surface area contributed by atoms with Gasteiger partial charge in [-0.05, 0) is 36.9 Å². The quantitative estimate of drug-likeness (QED) is 0.274. The molecule has 0 aliphatic rings. The average Bonchev–Trinajstić information content (AvgIpc) is 2.37. The number of rotatable bonds is 12. The van der Waals surface area contributed by atoms with Crippen LogP contribution in [0.2, 0.25) is 18.1 Å². The Balaban J connectivity index is 3.56. The third kappa shape index (κ3) is 10.5. The van der Waals surface area contributed by atoms with Crippen molar-refractivity contribution in [2.45, 2.75) is 111 Å². The second kappa shape index (κ2) is 10.8. The van der Waals surface area contributed by atoms with Crippen molar-refractivity contribution >= 4 is 8.32 Å². The number of hydrogen-bond acceptors (Lipinski definition) is 1. The van der Waals surface area contributed by atoms with E-state index in [0.29, 0.717) is 5.04 Å². The molecule has 0 spiro atoms. The first-order valence-corrected chi connectivity index (χ1v) is 12.3. The smallest absolute Gasteiger partial charge is 0.191 e. The molecular formula is C19H42OSi. The largest absolute Gasteiger partial charge is 0.417 e. The highest BCUT2D eigenvalue weighted by molar-refractivity contribution is 6.74. The predicted molar refractivity (Wildman–Crippen MR) is 99.5 cm³/mol. The van der Waals surface area contributed by atoms with Gasteiger partial charge in [-0.25, -0.2) is 0 Å². The Bertz CT molecular complexity index is 242. The molecule has 0 aromatic carbocycles. The molecule has 0 aliphatic carbocycles. The summed E-state index contributed by atoms with van der Waals surface area (Å²) in [6.07, 6.45) is 12.5. The van der Waals surface area contributed by atoms with Crippen molar-refractivity contribution in [3.8, 4) is 0 Å². The zero-order chi connectivity index (χ0) is 16.4. The normalized spacial score (nSPS) is 14.4. The summed E-state index contributed by atoms with van der Waals surface area (Å²) in [5.41, 5.74) is 0. The van der Waals surface area contributed by atoms with Gasteiger partial charge in [0.25, 0.3) is 0 Å². The van der Waals surface area contributed by atoms with E-state index in [4.69, 9.17) is 4.43 Å². The van der Waals surface area contributed by atoms with Gasteiger partial charge in [-0.15, -0.1) is 0 Å². The van der Waals surface area contributed by atoms with Gasteiger partial charge in [-0.2, -0.15) is 0 Å². The van der Waals surface area contributed by atoms with Crippen LogP contribution in [0.1, 0.15) is 92.4 Å². The molecule has 0 saturated carbocycles. The lowest BCUT2D eigenvalue weighted by Crippen LogP contribution is -2.41. The maximum absolute atomic E-state index is 6.25. The van der Waals surface area contributed by atoms with Crippen LogP contribution < -0.4 is 0 Å². The highest BCUT2D eigenvalue weighted by atomic mass is 28.4. The Hall–Kier alpha value is 0.177. The molecule has 0 heterocycles. The van der Waals surface area contributed by atoms with Crippen molar-refractivity contribution in [2.24, 2.45) is 5.92 Å². The summed E-state index contributed by atoms with van der Waals surface area (Å²) in [5.74, 6) is 0.874. The molecule has 128 valence electrons. The van der Waals surface area contributed by atoms with Gasteiger partial charge in [0, 0.05) is 6.61 Å². The van der Waals surface area contributed by atoms with Gasteiger partial charge < -0.3 is 4.43 Å². The van der Waals surface area contributed by atoms with Crippen molar-refractivity contribution in [1.29, 1.82) is 0 Å². The van der Waals surface area contributed by atoms with Gasteiger partial charge >= 0.3 is 0 Å². The van der Waals surface area contributed by atoms with Crippen molar-refractivity contribution in [3.63, 3.8) is 0 Å². The van der Waals surface area contributed by atoms with Gasteiger partial charge in [-0.3, -0.25) is 0 Å². The van der Waals surface area contributed by atoms with Gasteiger partial charge in [0.2, 0.25) is 0 Å². The van der Waals surface area contributed by atoms with Gasteiger partial charge in [-0.1, -0.05) is 79.6 Å². The minimum absolute atomic E-state index is 0.344. The minimum Gasteiger partial charge on any atom is -0.417 e. The van der Waals surface area contributed by atoms with Crippen LogP contribution in [-0.2, 0) is 4.43 Å². The molecular weight excluding hydrogens is 272 g/mol. The second-order valence-electron chi connectivity index (χ2n) is 8.41. The first-order chi connectivity index (χ1) is 9.70. The van der Waals surface area contributed by atoms with Crippen molar-refractivity contribution in [2.75, 3.05) is 6.61 Å². The molecule has 0 N–H and O–H groups in total. The minimum atomic E-state index is -1.52. The topological polar surface area (TPSA) is 9.23 Å². The first kappa shape index (κ1) is 21.2. The molecule has 0 amide bonds. The highest BCUT2D eigenvalue weighted by Gasteiger charge is 2.36. The number of unbranched alkanes of at least 4 members (excludes halogenated alkanes) is 5. The molecule has 1 atom stereocenters. The summed E-state index contributed by atoms with van der Waals surface area (Å²) >= 11 is 0. The second-order valence-corrected chi connectivity index (χ2v) is 13.2. The average molecular weight is 315 g/mol. The molecule has 21 heavy (non-hydrogen) atoms. The summed E-state index contributed by atoms with van der Waals surface area (Å²) in [6, 6.07) is 0. The van der Waals surface area contributed by atoms with E-state index in [2.05, 4.69) is 47.7 Å². The summed E-state index contributed by atoms with van der Waals surface area (Å²) < 4.78 is 6.25.